The zero-order valence-electron chi connectivity index (χ0n) is 17.5. The number of hydrogen-bond acceptors (Lipinski definition) is 6. The van der Waals surface area contributed by atoms with Crippen LogP contribution in [0.2, 0.25) is 0 Å². The highest BCUT2D eigenvalue weighted by Crippen LogP contribution is 2.32. The van der Waals surface area contributed by atoms with Crippen LogP contribution in [0.4, 0.5) is 13.6 Å². The topological polar surface area (TPSA) is 101 Å². The standard InChI is InChI=1S/C22H21F2N5O4/c23-21(24)33-17-4-1-13(2-5-17)12-32-22(31)29-10-15-8-28(9-16(15)11-29)20(30)14-3-6-18-19(7-14)26-27-25-18/h1-7,15-16,21H,8-12H2,(H,25,26,27)/t15-,16-/m0/s1. The number of hydrogen-bond donors (Lipinski definition) is 1. The number of halogens is 2. The van der Waals surface area contributed by atoms with Gasteiger partial charge < -0.3 is 19.3 Å². The van der Waals surface area contributed by atoms with Gasteiger partial charge in [-0.25, -0.2) is 4.79 Å². The van der Waals surface area contributed by atoms with E-state index >= 15 is 0 Å². The molecule has 2 aromatic carbocycles. The molecule has 0 radical (unpaired) electrons. The van der Waals surface area contributed by atoms with E-state index in [1.807, 2.05) is 4.90 Å². The van der Waals surface area contributed by atoms with Gasteiger partial charge in [-0.3, -0.25) is 4.79 Å². The largest absolute Gasteiger partial charge is 0.445 e. The molecule has 2 aliphatic rings. The summed E-state index contributed by atoms with van der Waals surface area (Å²) < 4.78 is 34.1. The van der Waals surface area contributed by atoms with Crippen LogP contribution in [0.5, 0.6) is 5.75 Å². The highest BCUT2D eigenvalue weighted by molar-refractivity contribution is 5.97. The number of H-pyrrole nitrogens is 1. The van der Waals surface area contributed by atoms with Gasteiger partial charge in [0.1, 0.15) is 23.4 Å². The molecule has 11 heteroatoms. The van der Waals surface area contributed by atoms with E-state index in [1.54, 1.807) is 35.2 Å². The number of benzene rings is 2. The predicted molar refractivity (Wildman–Crippen MR) is 112 cm³/mol. The molecular formula is C22H21F2N5O4. The maximum absolute atomic E-state index is 12.9. The Kier molecular flexibility index (Phi) is 5.53. The molecule has 2 aliphatic heterocycles. The van der Waals surface area contributed by atoms with Gasteiger partial charge in [0.05, 0.1) is 0 Å². The maximum Gasteiger partial charge on any atom is 0.410 e. The first-order chi connectivity index (χ1) is 16.0. The van der Waals surface area contributed by atoms with Crippen molar-refractivity contribution in [3.8, 4) is 5.75 Å². The molecule has 0 saturated carbocycles. The Morgan fingerprint density at radius 2 is 1.64 bits per heavy atom. The Hall–Kier alpha value is -3.76. The van der Waals surface area contributed by atoms with Crippen molar-refractivity contribution in [2.24, 2.45) is 11.8 Å². The Morgan fingerprint density at radius 3 is 2.33 bits per heavy atom. The van der Waals surface area contributed by atoms with Crippen molar-refractivity contribution >= 4 is 23.0 Å². The Balaban J connectivity index is 1.12. The Bertz CT molecular complexity index is 1160. The molecule has 5 rings (SSSR count). The summed E-state index contributed by atoms with van der Waals surface area (Å²) in [5.41, 5.74) is 2.59. The highest BCUT2D eigenvalue weighted by atomic mass is 19.3. The molecule has 0 bridgehead atoms. The second kappa shape index (κ2) is 8.64. The number of amides is 2. The summed E-state index contributed by atoms with van der Waals surface area (Å²) in [4.78, 5) is 28.9. The Morgan fingerprint density at radius 1 is 0.970 bits per heavy atom. The van der Waals surface area contributed by atoms with Gasteiger partial charge in [0, 0.05) is 43.6 Å². The summed E-state index contributed by atoms with van der Waals surface area (Å²) in [5.74, 6) is 0.390. The van der Waals surface area contributed by atoms with Crippen LogP contribution in [0.15, 0.2) is 42.5 Å². The van der Waals surface area contributed by atoms with Crippen LogP contribution in [0, 0.1) is 11.8 Å². The number of ether oxygens (including phenoxy) is 2. The first-order valence-electron chi connectivity index (χ1n) is 10.5. The zero-order chi connectivity index (χ0) is 22.9. The van der Waals surface area contributed by atoms with Crippen molar-refractivity contribution in [3.63, 3.8) is 0 Å². The van der Waals surface area contributed by atoms with Crippen molar-refractivity contribution in [1.82, 2.24) is 25.2 Å². The van der Waals surface area contributed by atoms with Crippen LogP contribution >= 0.6 is 0 Å². The van der Waals surface area contributed by atoms with E-state index in [2.05, 4.69) is 20.1 Å². The minimum Gasteiger partial charge on any atom is -0.445 e. The molecule has 2 fully saturated rings. The van der Waals surface area contributed by atoms with Gasteiger partial charge in [-0.15, -0.1) is 0 Å². The molecule has 33 heavy (non-hydrogen) atoms. The fraction of sp³-hybridized carbons (Fsp3) is 0.364. The van der Waals surface area contributed by atoms with Crippen LogP contribution < -0.4 is 4.74 Å². The van der Waals surface area contributed by atoms with E-state index in [9.17, 15) is 18.4 Å². The van der Waals surface area contributed by atoms with Crippen LogP contribution in [0.3, 0.4) is 0 Å². The molecule has 3 aromatic rings. The monoisotopic (exact) mass is 457 g/mol. The summed E-state index contributed by atoms with van der Waals surface area (Å²) in [6.45, 7) is -0.639. The molecule has 3 heterocycles. The van der Waals surface area contributed by atoms with Crippen LogP contribution in [0.1, 0.15) is 15.9 Å². The quantitative estimate of drug-likeness (QED) is 0.632. The predicted octanol–water partition coefficient (Wildman–Crippen LogP) is 2.90. The van der Waals surface area contributed by atoms with Gasteiger partial charge in [0.15, 0.2) is 0 Å². The molecule has 2 saturated heterocycles. The number of aromatic amines is 1. The van der Waals surface area contributed by atoms with Crippen molar-refractivity contribution < 1.29 is 27.8 Å². The lowest BCUT2D eigenvalue weighted by Gasteiger charge is -2.21. The molecule has 9 nitrogen and oxygen atoms in total. The van der Waals surface area contributed by atoms with Gasteiger partial charge in [-0.1, -0.05) is 12.1 Å². The lowest BCUT2D eigenvalue weighted by Crippen LogP contribution is -2.35. The van der Waals surface area contributed by atoms with E-state index in [1.165, 1.54) is 12.1 Å². The normalized spacial score (nSPS) is 19.8. The number of fused-ring (bicyclic) bond motifs is 2. The van der Waals surface area contributed by atoms with Crippen molar-refractivity contribution in [2.45, 2.75) is 13.2 Å². The third-order valence-corrected chi connectivity index (χ3v) is 6.11. The molecule has 172 valence electrons. The smallest absolute Gasteiger partial charge is 0.410 e. The zero-order valence-corrected chi connectivity index (χ0v) is 17.5. The van der Waals surface area contributed by atoms with Crippen molar-refractivity contribution in [1.29, 1.82) is 0 Å². The van der Waals surface area contributed by atoms with E-state index in [-0.39, 0.29) is 30.1 Å². The third-order valence-electron chi connectivity index (χ3n) is 6.11. The van der Waals surface area contributed by atoms with Gasteiger partial charge in [0.2, 0.25) is 0 Å². The number of carbonyl (C=O) groups excluding carboxylic acids is 2. The van der Waals surface area contributed by atoms with E-state index in [4.69, 9.17) is 4.74 Å². The van der Waals surface area contributed by atoms with Gasteiger partial charge >= 0.3 is 12.7 Å². The summed E-state index contributed by atoms with van der Waals surface area (Å²) in [6.07, 6.45) is -0.424. The number of aromatic nitrogens is 3. The highest BCUT2D eigenvalue weighted by Gasteiger charge is 2.43. The second-order valence-corrected chi connectivity index (χ2v) is 8.24. The average molecular weight is 457 g/mol. The number of alkyl halides is 2. The number of nitrogens with zero attached hydrogens (tertiary/aromatic N) is 4. The summed E-state index contributed by atoms with van der Waals surface area (Å²) in [5, 5.41) is 10.6. The fourth-order valence-corrected chi connectivity index (χ4v) is 4.47. The molecule has 0 aliphatic carbocycles. The number of nitrogens with one attached hydrogen (secondary N) is 1. The maximum atomic E-state index is 12.9. The summed E-state index contributed by atoms with van der Waals surface area (Å²) in [6, 6.07) is 11.2. The van der Waals surface area contributed by atoms with Gasteiger partial charge in [-0.05, 0) is 35.9 Å². The number of carbonyl (C=O) groups is 2. The number of rotatable bonds is 5. The fourth-order valence-electron chi connectivity index (χ4n) is 4.47. The van der Waals surface area contributed by atoms with Crippen LogP contribution in [0.25, 0.3) is 11.0 Å². The SMILES string of the molecule is O=C(OCc1ccc(OC(F)F)cc1)N1C[C@@H]2CN(C(=O)c3ccc4n[nH]nc4c3)C[C@H]2C1. The lowest BCUT2D eigenvalue weighted by atomic mass is 10.0. The lowest BCUT2D eigenvalue weighted by molar-refractivity contribution is -0.0498. The molecule has 2 atom stereocenters. The van der Waals surface area contributed by atoms with Crippen molar-refractivity contribution in [3.05, 3.63) is 53.6 Å². The summed E-state index contributed by atoms with van der Waals surface area (Å²) in [7, 11) is 0. The van der Waals surface area contributed by atoms with Gasteiger partial charge in [0.25, 0.3) is 5.91 Å². The second-order valence-electron chi connectivity index (χ2n) is 8.24. The first kappa shape index (κ1) is 21.1. The molecule has 0 unspecified atom stereocenters. The molecule has 0 spiro atoms. The Labute approximate surface area is 187 Å². The summed E-state index contributed by atoms with van der Waals surface area (Å²) >= 11 is 0. The molecule has 2 amide bonds. The van der Waals surface area contributed by atoms with E-state index in [0.29, 0.717) is 48.3 Å². The minimum absolute atomic E-state index is 0.0365. The molecule has 1 N–H and O–H groups in total. The average Bonchev–Trinajstić information content (AvgIpc) is 3.51. The van der Waals surface area contributed by atoms with E-state index < -0.39 is 12.7 Å². The third kappa shape index (κ3) is 4.43. The minimum atomic E-state index is -2.88. The molecular weight excluding hydrogens is 436 g/mol. The number of likely N-dealkylation sites (tertiary alicyclic amines) is 2. The van der Waals surface area contributed by atoms with Crippen molar-refractivity contribution in [2.75, 3.05) is 26.2 Å². The van der Waals surface area contributed by atoms with Crippen LogP contribution in [-0.2, 0) is 11.3 Å². The van der Waals surface area contributed by atoms with E-state index in [0.717, 1.165) is 0 Å². The van der Waals surface area contributed by atoms with Crippen LogP contribution in [-0.4, -0.2) is 70.0 Å². The first-order valence-corrected chi connectivity index (χ1v) is 10.5. The molecule has 1 aromatic heterocycles. The van der Waals surface area contributed by atoms with Gasteiger partial charge in [-0.2, -0.15) is 24.2 Å².